The number of rotatable bonds is 4. The second-order valence-electron chi connectivity index (χ2n) is 6.56. The van der Waals surface area contributed by atoms with Crippen LogP contribution in [0.15, 0.2) is 60.3 Å². The average molecular weight is 424 g/mol. The van der Waals surface area contributed by atoms with E-state index in [1.54, 1.807) is 30.5 Å². The van der Waals surface area contributed by atoms with Gasteiger partial charge in [-0.1, -0.05) is 29.8 Å². The molecule has 0 radical (unpaired) electrons. The van der Waals surface area contributed by atoms with Crippen LogP contribution >= 0.6 is 11.6 Å². The molecule has 2 N–H and O–H groups in total. The molecule has 0 unspecified atom stereocenters. The number of carboxylic acids is 1. The number of carboxylic acid groups (broad SMARTS) is 1. The minimum Gasteiger partial charge on any atom is -0.480 e. The van der Waals surface area contributed by atoms with E-state index in [0.29, 0.717) is 21.5 Å². The predicted molar refractivity (Wildman–Crippen MR) is 110 cm³/mol. The Morgan fingerprint density at radius 3 is 2.47 bits per heavy atom. The number of fused-ring (bicyclic) bond motifs is 1. The summed E-state index contributed by atoms with van der Waals surface area (Å²) < 4.78 is 1.51. The molecule has 2 aromatic carbocycles. The smallest absolute Gasteiger partial charge is 0.335 e. The summed E-state index contributed by atoms with van der Waals surface area (Å²) in [6, 6.07) is 12.2. The molecule has 0 saturated carbocycles. The van der Waals surface area contributed by atoms with Crippen LogP contribution in [0.3, 0.4) is 0 Å². The number of aromatic nitrogens is 1. The van der Waals surface area contributed by atoms with Gasteiger partial charge >= 0.3 is 12.0 Å². The van der Waals surface area contributed by atoms with E-state index < -0.39 is 23.8 Å². The van der Waals surface area contributed by atoms with E-state index in [4.69, 9.17) is 16.7 Å². The number of nitrogens with one attached hydrogen (secondary N) is 1. The number of anilines is 1. The number of halogens is 1. The Kier molecular flexibility index (Phi) is 4.85. The van der Waals surface area contributed by atoms with Crippen LogP contribution in [-0.4, -0.2) is 33.5 Å². The zero-order chi connectivity index (χ0) is 21.4. The van der Waals surface area contributed by atoms with Crippen molar-refractivity contribution in [2.45, 2.75) is 6.54 Å². The van der Waals surface area contributed by atoms with Gasteiger partial charge in [0.15, 0.2) is 0 Å². The van der Waals surface area contributed by atoms with Gasteiger partial charge in [0, 0.05) is 27.7 Å². The second kappa shape index (κ2) is 7.49. The summed E-state index contributed by atoms with van der Waals surface area (Å²) in [6.45, 7) is -0.279. The Bertz CT molecular complexity index is 1240. The molecule has 0 atom stereocenters. The molecular weight excluding hydrogens is 410 g/mol. The number of barbiturate groups is 1. The van der Waals surface area contributed by atoms with Gasteiger partial charge in [-0.05, 0) is 36.4 Å². The fourth-order valence-corrected chi connectivity index (χ4v) is 3.43. The van der Waals surface area contributed by atoms with Crippen molar-refractivity contribution in [3.63, 3.8) is 0 Å². The SMILES string of the molecule is O=C(O)Cn1cc(C=C2C(=O)NC(=O)N(c3ccc(Cl)cc3)C2=O)c2ccccc21. The van der Waals surface area contributed by atoms with Gasteiger partial charge in [0.2, 0.25) is 0 Å². The molecule has 1 fully saturated rings. The lowest BCUT2D eigenvalue weighted by Crippen LogP contribution is -2.54. The van der Waals surface area contributed by atoms with Gasteiger partial charge in [0.25, 0.3) is 11.8 Å². The van der Waals surface area contributed by atoms with E-state index in [-0.39, 0.29) is 17.8 Å². The number of carbonyl (C=O) groups is 4. The summed E-state index contributed by atoms with van der Waals surface area (Å²) in [7, 11) is 0. The van der Waals surface area contributed by atoms with Gasteiger partial charge in [0.05, 0.1) is 5.69 Å². The first-order valence-corrected chi connectivity index (χ1v) is 9.19. The van der Waals surface area contributed by atoms with Gasteiger partial charge in [-0.15, -0.1) is 0 Å². The zero-order valence-corrected chi connectivity index (χ0v) is 16.1. The first-order chi connectivity index (χ1) is 14.3. The second-order valence-corrected chi connectivity index (χ2v) is 6.99. The Morgan fingerprint density at radius 2 is 1.77 bits per heavy atom. The van der Waals surface area contributed by atoms with Crippen molar-refractivity contribution in [3.05, 3.63) is 70.9 Å². The molecule has 0 aliphatic carbocycles. The van der Waals surface area contributed by atoms with Crippen molar-refractivity contribution >= 4 is 58.1 Å². The Morgan fingerprint density at radius 1 is 1.07 bits per heavy atom. The number of hydrogen-bond donors (Lipinski definition) is 2. The first-order valence-electron chi connectivity index (χ1n) is 8.82. The van der Waals surface area contributed by atoms with Gasteiger partial charge in [-0.3, -0.25) is 19.7 Å². The fourth-order valence-electron chi connectivity index (χ4n) is 3.30. The Balaban J connectivity index is 1.80. The topological polar surface area (TPSA) is 109 Å². The highest BCUT2D eigenvalue weighted by atomic mass is 35.5. The molecule has 0 bridgehead atoms. The molecule has 1 aliphatic rings. The highest BCUT2D eigenvalue weighted by Gasteiger charge is 2.37. The summed E-state index contributed by atoms with van der Waals surface area (Å²) >= 11 is 5.86. The lowest BCUT2D eigenvalue weighted by molar-refractivity contribution is -0.137. The van der Waals surface area contributed by atoms with Crippen LogP contribution in [0.1, 0.15) is 5.56 Å². The van der Waals surface area contributed by atoms with Crippen molar-refractivity contribution in [2.24, 2.45) is 0 Å². The van der Waals surface area contributed by atoms with E-state index in [1.807, 2.05) is 0 Å². The van der Waals surface area contributed by atoms with Crippen molar-refractivity contribution in [3.8, 4) is 0 Å². The summed E-state index contributed by atoms with van der Waals surface area (Å²) in [6.07, 6.45) is 2.91. The monoisotopic (exact) mass is 423 g/mol. The Labute approximate surface area is 175 Å². The van der Waals surface area contributed by atoms with E-state index >= 15 is 0 Å². The molecule has 3 aromatic rings. The largest absolute Gasteiger partial charge is 0.480 e. The lowest BCUT2D eigenvalue weighted by Gasteiger charge is -2.26. The third-order valence-corrected chi connectivity index (χ3v) is 4.86. The van der Waals surface area contributed by atoms with E-state index in [0.717, 1.165) is 4.90 Å². The number of hydrogen-bond acceptors (Lipinski definition) is 4. The van der Waals surface area contributed by atoms with Crippen LogP contribution in [-0.2, 0) is 20.9 Å². The van der Waals surface area contributed by atoms with Crippen LogP contribution in [0.4, 0.5) is 10.5 Å². The summed E-state index contributed by atoms with van der Waals surface area (Å²) in [5.41, 5.74) is 1.13. The molecule has 30 heavy (non-hydrogen) atoms. The third kappa shape index (κ3) is 3.44. The van der Waals surface area contributed by atoms with Crippen LogP contribution in [0.2, 0.25) is 5.02 Å². The lowest BCUT2D eigenvalue weighted by atomic mass is 10.1. The number of urea groups is 1. The maximum Gasteiger partial charge on any atom is 0.335 e. The average Bonchev–Trinajstić information content (AvgIpc) is 3.03. The molecule has 1 aliphatic heterocycles. The molecule has 0 spiro atoms. The number of amides is 4. The van der Waals surface area contributed by atoms with Crippen LogP contribution < -0.4 is 10.2 Å². The molecule has 1 aromatic heterocycles. The molecular formula is C21H14ClN3O5. The van der Waals surface area contributed by atoms with Crippen molar-refractivity contribution in [1.82, 2.24) is 9.88 Å². The first kappa shape index (κ1) is 19.4. The Hall–Kier alpha value is -3.91. The maximum absolute atomic E-state index is 13.0. The number of aliphatic carboxylic acids is 1. The molecule has 8 nitrogen and oxygen atoms in total. The number of para-hydroxylation sites is 1. The minimum atomic E-state index is -1.03. The number of benzene rings is 2. The van der Waals surface area contributed by atoms with E-state index in [9.17, 15) is 19.2 Å². The highest BCUT2D eigenvalue weighted by Crippen LogP contribution is 2.27. The van der Waals surface area contributed by atoms with Crippen LogP contribution in [0, 0.1) is 0 Å². The third-order valence-electron chi connectivity index (χ3n) is 4.61. The zero-order valence-electron chi connectivity index (χ0n) is 15.3. The van der Waals surface area contributed by atoms with Crippen LogP contribution in [0.5, 0.6) is 0 Å². The number of carbonyl (C=O) groups excluding carboxylic acids is 3. The van der Waals surface area contributed by atoms with Gasteiger partial charge in [-0.2, -0.15) is 0 Å². The molecule has 4 amide bonds. The summed E-state index contributed by atoms with van der Waals surface area (Å²) in [5, 5.41) is 12.4. The van der Waals surface area contributed by atoms with Crippen molar-refractivity contribution < 1.29 is 24.3 Å². The predicted octanol–water partition coefficient (Wildman–Crippen LogP) is 3.05. The maximum atomic E-state index is 13.0. The summed E-state index contributed by atoms with van der Waals surface area (Å²) in [5.74, 6) is -2.65. The molecule has 1 saturated heterocycles. The van der Waals surface area contributed by atoms with Crippen molar-refractivity contribution in [1.29, 1.82) is 0 Å². The summed E-state index contributed by atoms with van der Waals surface area (Å²) in [4.78, 5) is 49.7. The number of nitrogens with zero attached hydrogens (tertiary/aromatic N) is 2. The van der Waals surface area contributed by atoms with Gasteiger partial charge in [-0.25, -0.2) is 9.69 Å². The fraction of sp³-hybridized carbons (Fsp3) is 0.0476. The molecule has 4 rings (SSSR count). The normalized spacial score (nSPS) is 15.7. The minimum absolute atomic E-state index is 0.247. The number of imide groups is 2. The van der Waals surface area contributed by atoms with Gasteiger partial charge in [0.1, 0.15) is 12.1 Å². The van der Waals surface area contributed by atoms with Gasteiger partial charge < -0.3 is 9.67 Å². The van der Waals surface area contributed by atoms with E-state index in [1.165, 1.54) is 34.9 Å². The standard InChI is InChI=1S/C21H14ClN3O5/c22-13-5-7-14(8-6-13)25-20(29)16(19(28)23-21(25)30)9-12-10-24(11-18(26)27)17-4-2-1-3-15(12)17/h1-10H,11H2,(H,26,27)(H,23,28,30). The van der Waals surface area contributed by atoms with E-state index in [2.05, 4.69) is 5.32 Å². The molecule has 9 heteroatoms. The molecule has 150 valence electrons. The van der Waals surface area contributed by atoms with Crippen LogP contribution in [0.25, 0.3) is 17.0 Å². The quantitative estimate of drug-likeness (QED) is 0.495. The highest BCUT2D eigenvalue weighted by molar-refractivity contribution is 6.39. The van der Waals surface area contributed by atoms with Crippen molar-refractivity contribution in [2.75, 3.05) is 4.90 Å². The molecule has 2 heterocycles.